The topological polar surface area (TPSA) is 70.2 Å². The molecule has 158 valence electrons. The van der Waals surface area contributed by atoms with E-state index >= 15 is 0 Å². The van der Waals surface area contributed by atoms with Crippen LogP contribution in [-0.4, -0.2) is 17.9 Å². The van der Waals surface area contributed by atoms with Crippen LogP contribution in [0.15, 0.2) is 72.8 Å². The number of nitrogens with one attached hydrogen (secondary N) is 3. The molecule has 0 aliphatic heterocycles. The average molecular weight is 434 g/mol. The van der Waals surface area contributed by atoms with E-state index in [1.165, 1.54) is 0 Å². The SMILES string of the molecule is Cc1ccc(NC(=O)C(Nc2cccc(C(=O)NC3CC3)c2)c2ccccc2)cc1Cl. The standard InChI is InChI=1S/C25H24ClN3O2/c1-16-10-11-21(15-22(16)26)29-25(31)23(17-6-3-2-4-7-17)27-20-9-5-8-18(14-20)24(30)28-19-12-13-19/h2-11,14-15,19,23,27H,12-13H2,1H3,(H,28,30)(H,29,31). The molecule has 0 saturated heterocycles. The van der Waals surface area contributed by atoms with Gasteiger partial charge in [-0.15, -0.1) is 0 Å². The molecule has 3 N–H and O–H groups in total. The van der Waals surface area contributed by atoms with Crippen LogP contribution in [0.5, 0.6) is 0 Å². The van der Waals surface area contributed by atoms with Crippen molar-refractivity contribution in [3.05, 3.63) is 94.5 Å². The quantitative estimate of drug-likeness (QED) is 0.471. The molecule has 0 heterocycles. The smallest absolute Gasteiger partial charge is 0.251 e. The molecule has 1 unspecified atom stereocenters. The number of hydrogen-bond donors (Lipinski definition) is 3. The summed E-state index contributed by atoms with van der Waals surface area (Å²) in [5, 5.41) is 9.80. The fourth-order valence-electron chi connectivity index (χ4n) is 3.24. The maximum atomic E-state index is 13.2. The van der Waals surface area contributed by atoms with Crippen LogP contribution >= 0.6 is 11.6 Å². The zero-order valence-corrected chi connectivity index (χ0v) is 17.9. The Hall–Kier alpha value is -3.31. The highest BCUT2D eigenvalue weighted by Crippen LogP contribution is 2.25. The molecule has 0 aromatic heterocycles. The lowest BCUT2D eigenvalue weighted by molar-refractivity contribution is -0.117. The van der Waals surface area contributed by atoms with Gasteiger partial charge in [-0.1, -0.05) is 54.1 Å². The summed E-state index contributed by atoms with van der Waals surface area (Å²) in [5.74, 6) is -0.319. The van der Waals surface area contributed by atoms with Gasteiger partial charge in [-0.25, -0.2) is 0 Å². The second-order valence-corrected chi connectivity index (χ2v) is 8.18. The fourth-order valence-corrected chi connectivity index (χ4v) is 3.42. The van der Waals surface area contributed by atoms with Gasteiger partial charge in [0, 0.05) is 28.0 Å². The number of halogens is 1. The monoisotopic (exact) mass is 433 g/mol. The Balaban J connectivity index is 1.56. The highest BCUT2D eigenvalue weighted by Gasteiger charge is 2.24. The molecule has 1 saturated carbocycles. The minimum absolute atomic E-state index is 0.0961. The third kappa shape index (κ3) is 5.44. The predicted octanol–water partition coefficient (Wildman–Crippen LogP) is 5.33. The predicted molar refractivity (Wildman–Crippen MR) is 125 cm³/mol. The summed E-state index contributed by atoms with van der Waals surface area (Å²) >= 11 is 6.21. The molecule has 5 nitrogen and oxygen atoms in total. The fraction of sp³-hybridized carbons (Fsp3) is 0.200. The van der Waals surface area contributed by atoms with Crippen LogP contribution in [-0.2, 0) is 4.79 Å². The van der Waals surface area contributed by atoms with Gasteiger partial charge in [0.2, 0.25) is 0 Å². The molecule has 1 aliphatic rings. The summed E-state index contributed by atoms with van der Waals surface area (Å²) in [7, 11) is 0. The molecule has 2 amide bonds. The number of amides is 2. The third-order valence-electron chi connectivity index (χ3n) is 5.18. The van der Waals surface area contributed by atoms with E-state index in [1.54, 1.807) is 18.2 Å². The van der Waals surface area contributed by atoms with Gasteiger partial charge in [0.05, 0.1) is 0 Å². The van der Waals surface area contributed by atoms with E-state index in [0.29, 0.717) is 22.0 Å². The van der Waals surface area contributed by atoms with Crippen LogP contribution in [0.1, 0.15) is 40.4 Å². The molecule has 3 aromatic rings. The van der Waals surface area contributed by atoms with Crippen LogP contribution < -0.4 is 16.0 Å². The van der Waals surface area contributed by atoms with Crippen molar-refractivity contribution in [1.82, 2.24) is 5.32 Å². The first-order valence-corrected chi connectivity index (χ1v) is 10.7. The Labute approximate surface area is 186 Å². The van der Waals surface area contributed by atoms with Gasteiger partial charge in [-0.3, -0.25) is 9.59 Å². The summed E-state index contributed by atoms with van der Waals surface area (Å²) in [5.41, 5.74) is 3.63. The van der Waals surface area contributed by atoms with Crippen molar-refractivity contribution >= 4 is 34.8 Å². The number of hydrogen-bond acceptors (Lipinski definition) is 3. The van der Waals surface area contributed by atoms with Crippen LogP contribution in [0.2, 0.25) is 5.02 Å². The average Bonchev–Trinajstić information content (AvgIpc) is 3.59. The maximum absolute atomic E-state index is 13.2. The highest BCUT2D eigenvalue weighted by atomic mass is 35.5. The van der Waals surface area contributed by atoms with Gasteiger partial charge in [-0.05, 0) is 61.2 Å². The molecule has 0 bridgehead atoms. The largest absolute Gasteiger partial charge is 0.370 e. The van der Waals surface area contributed by atoms with E-state index in [9.17, 15) is 9.59 Å². The van der Waals surface area contributed by atoms with Crippen molar-refractivity contribution in [3.63, 3.8) is 0 Å². The molecule has 0 spiro atoms. The van der Waals surface area contributed by atoms with Gasteiger partial charge in [0.25, 0.3) is 11.8 Å². The van der Waals surface area contributed by atoms with E-state index in [0.717, 1.165) is 24.0 Å². The Morgan fingerprint density at radius 1 is 0.935 bits per heavy atom. The van der Waals surface area contributed by atoms with Crippen LogP contribution in [0.25, 0.3) is 0 Å². The summed E-state index contributed by atoms with van der Waals surface area (Å²) in [4.78, 5) is 25.6. The molecule has 1 fully saturated rings. The van der Waals surface area contributed by atoms with Crippen LogP contribution in [0.3, 0.4) is 0 Å². The molecule has 1 atom stereocenters. The van der Waals surface area contributed by atoms with Gasteiger partial charge in [0.1, 0.15) is 6.04 Å². The second-order valence-electron chi connectivity index (χ2n) is 7.77. The molecule has 4 rings (SSSR count). The van der Waals surface area contributed by atoms with Gasteiger partial charge >= 0.3 is 0 Å². The van der Waals surface area contributed by atoms with Crippen molar-refractivity contribution in [2.75, 3.05) is 10.6 Å². The molecular formula is C25H24ClN3O2. The Morgan fingerprint density at radius 2 is 1.71 bits per heavy atom. The van der Waals surface area contributed by atoms with Crippen molar-refractivity contribution < 1.29 is 9.59 Å². The number of benzene rings is 3. The number of carbonyl (C=O) groups excluding carboxylic acids is 2. The lowest BCUT2D eigenvalue weighted by Gasteiger charge is -2.20. The van der Waals surface area contributed by atoms with Crippen molar-refractivity contribution in [1.29, 1.82) is 0 Å². The second kappa shape index (κ2) is 9.23. The zero-order valence-electron chi connectivity index (χ0n) is 17.2. The minimum Gasteiger partial charge on any atom is -0.370 e. The molecule has 1 aliphatic carbocycles. The summed E-state index contributed by atoms with van der Waals surface area (Å²) in [6, 6.07) is 21.7. The summed E-state index contributed by atoms with van der Waals surface area (Å²) in [6.45, 7) is 1.91. The Bertz CT molecular complexity index is 1100. The molecule has 3 aromatic carbocycles. The summed E-state index contributed by atoms with van der Waals surface area (Å²) < 4.78 is 0. The van der Waals surface area contributed by atoms with E-state index in [-0.39, 0.29) is 17.9 Å². The third-order valence-corrected chi connectivity index (χ3v) is 5.59. The van der Waals surface area contributed by atoms with Gasteiger partial charge in [0.15, 0.2) is 0 Å². The molecular weight excluding hydrogens is 410 g/mol. The summed E-state index contributed by atoms with van der Waals surface area (Å²) in [6.07, 6.45) is 2.06. The van der Waals surface area contributed by atoms with Crippen molar-refractivity contribution in [2.24, 2.45) is 0 Å². The Morgan fingerprint density at radius 3 is 2.42 bits per heavy atom. The first kappa shape index (κ1) is 20.9. The molecule has 6 heteroatoms. The Kier molecular flexibility index (Phi) is 6.23. The highest BCUT2D eigenvalue weighted by molar-refractivity contribution is 6.31. The minimum atomic E-state index is -0.650. The number of rotatable bonds is 7. The van der Waals surface area contributed by atoms with Crippen LogP contribution in [0, 0.1) is 6.92 Å². The van der Waals surface area contributed by atoms with Gasteiger partial charge < -0.3 is 16.0 Å². The maximum Gasteiger partial charge on any atom is 0.251 e. The normalized spacial score (nSPS) is 13.9. The van der Waals surface area contributed by atoms with Crippen molar-refractivity contribution in [3.8, 4) is 0 Å². The van der Waals surface area contributed by atoms with E-state index < -0.39 is 6.04 Å². The molecule has 31 heavy (non-hydrogen) atoms. The van der Waals surface area contributed by atoms with Crippen molar-refractivity contribution in [2.45, 2.75) is 31.8 Å². The first-order chi connectivity index (χ1) is 15.0. The lowest BCUT2D eigenvalue weighted by Crippen LogP contribution is -2.28. The van der Waals surface area contributed by atoms with E-state index in [1.807, 2.05) is 61.5 Å². The molecule has 0 radical (unpaired) electrons. The first-order valence-electron chi connectivity index (χ1n) is 10.3. The van der Waals surface area contributed by atoms with E-state index in [2.05, 4.69) is 16.0 Å². The van der Waals surface area contributed by atoms with Crippen LogP contribution in [0.4, 0.5) is 11.4 Å². The lowest BCUT2D eigenvalue weighted by atomic mass is 10.0. The van der Waals surface area contributed by atoms with Gasteiger partial charge in [-0.2, -0.15) is 0 Å². The van der Waals surface area contributed by atoms with E-state index in [4.69, 9.17) is 11.6 Å². The number of carbonyl (C=O) groups is 2. The number of anilines is 2. The number of aryl methyl sites for hydroxylation is 1. The zero-order chi connectivity index (χ0) is 21.8.